The zero-order chi connectivity index (χ0) is 15.0. The predicted molar refractivity (Wildman–Crippen MR) is 79.6 cm³/mol. The second-order valence-corrected chi connectivity index (χ2v) is 4.87. The fraction of sp³-hybridized carbons (Fsp3) is 0.188. The summed E-state index contributed by atoms with van der Waals surface area (Å²) in [4.78, 5) is 15.8. The molecule has 2 aromatic heterocycles. The van der Waals surface area contributed by atoms with Gasteiger partial charge in [0.25, 0.3) is 0 Å². The van der Waals surface area contributed by atoms with E-state index in [-0.39, 0.29) is 5.97 Å². The molecule has 0 saturated carbocycles. The maximum Gasteiger partial charge on any atom is 0.308 e. The number of carbonyl (C=O) groups is 1. The summed E-state index contributed by atoms with van der Waals surface area (Å²) >= 11 is 0. The van der Waals surface area contributed by atoms with Gasteiger partial charge in [-0.05, 0) is 26.0 Å². The number of benzene rings is 1. The highest BCUT2D eigenvalue weighted by atomic mass is 16.5. The van der Waals surface area contributed by atoms with Gasteiger partial charge in [0.2, 0.25) is 0 Å². The molecule has 0 aliphatic rings. The molecule has 2 heterocycles. The second-order valence-electron chi connectivity index (χ2n) is 4.87. The second kappa shape index (κ2) is 5.01. The molecule has 0 atom stereocenters. The molecule has 0 fully saturated rings. The SMILES string of the molecule is CC(=O)Oc1c(C)nc2c(cnn2-c2ccccc2)c1C. The van der Waals surface area contributed by atoms with Crippen molar-refractivity contribution in [2.24, 2.45) is 0 Å². The first kappa shape index (κ1) is 13.3. The summed E-state index contributed by atoms with van der Waals surface area (Å²) in [6.45, 7) is 5.12. The van der Waals surface area contributed by atoms with E-state index in [0.717, 1.165) is 22.3 Å². The average Bonchev–Trinajstić information content (AvgIpc) is 2.88. The number of aryl methyl sites for hydroxylation is 2. The van der Waals surface area contributed by atoms with E-state index in [4.69, 9.17) is 4.74 Å². The number of fused-ring (bicyclic) bond motifs is 1. The van der Waals surface area contributed by atoms with Gasteiger partial charge in [-0.15, -0.1) is 0 Å². The third kappa shape index (κ3) is 2.27. The lowest BCUT2D eigenvalue weighted by Crippen LogP contribution is -2.06. The first-order valence-corrected chi connectivity index (χ1v) is 6.66. The Kier molecular flexibility index (Phi) is 3.17. The van der Waals surface area contributed by atoms with Crippen LogP contribution in [0.3, 0.4) is 0 Å². The molecular formula is C16H15N3O2. The Hall–Kier alpha value is -2.69. The first-order chi connectivity index (χ1) is 10.1. The van der Waals surface area contributed by atoms with Gasteiger partial charge < -0.3 is 4.74 Å². The summed E-state index contributed by atoms with van der Waals surface area (Å²) in [6.07, 6.45) is 1.75. The summed E-state index contributed by atoms with van der Waals surface area (Å²) in [5, 5.41) is 5.28. The monoisotopic (exact) mass is 281 g/mol. The van der Waals surface area contributed by atoms with Gasteiger partial charge in [0.1, 0.15) is 0 Å². The number of esters is 1. The van der Waals surface area contributed by atoms with Gasteiger partial charge in [0.05, 0.1) is 17.6 Å². The van der Waals surface area contributed by atoms with Crippen LogP contribution in [0.4, 0.5) is 0 Å². The largest absolute Gasteiger partial charge is 0.424 e. The molecule has 0 aliphatic heterocycles. The van der Waals surface area contributed by atoms with Crippen LogP contribution in [0.5, 0.6) is 5.75 Å². The molecule has 106 valence electrons. The number of aromatic nitrogens is 3. The van der Waals surface area contributed by atoms with Crippen molar-refractivity contribution in [3.05, 3.63) is 47.8 Å². The van der Waals surface area contributed by atoms with E-state index in [2.05, 4.69) is 10.1 Å². The Labute approximate surface area is 122 Å². The first-order valence-electron chi connectivity index (χ1n) is 6.66. The smallest absolute Gasteiger partial charge is 0.308 e. The molecule has 0 spiro atoms. The van der Waals surface area contributed by atoms with Gasteiger partial charge in [-0.3, -0.25) is 4.79 Å². The van der Waals surface area contributed by atoms with Crippen LogP contribution in [-0.4, -0.2) is 20.7 Å². The molecule has 0 N–H and O–H groups in total. The van der Waals surface area contributed by atoms with Crippen LogP contribution in [0.15, 0.2) is 36.5 Å². The standard InChI is InChI=1S/C16H15N3O2/c1-10-14-9-17-19(13-7-5-4-6-8-13)16(14)18-11(2)15(10)21-12(3)20/h4-9H,1-3H3. The molecule has 0 radical (unpaired) electrons. The number of ether oxygens (including phenoxy) is 1. The Morgan fingerprint density at radius 1 is 1.19 bits per heavy atom. The van der Waals surface area contributed by atoms with E-state index >= 15 is 0 Å². The van der Waals surface area contributed by atoms with Gasteiger partial charge >= 0.3 is 5.97 Å². The molecule has 0 aliphatic carbocycles. The molecule has 5 nitrogen and oxygen atoms in total. The fourth-order valence-electron chi connectivity index (χ4n) is 2.37. The molecule has 0 amide bonds. The number of nitrogens with zero attached hydrogens (tertiary/aromatic N) is 3. The van der Waals surface area contributed by atoms with Gasteiger partial charge in [0.15, 0.2) is 11.4 Å². The Morgan fingerprint density at radius 3 is 2.57 bits per heavy atom. The topological polar surface area (TPSA) is 57.0 Å². The van der Waals surface area contributed by atoms with Crippen LogP contribution in [0.1, 0.15) is 18.2 Å². The van der Waals surface area contributed by atoms with Gasteiger partial charge in [-0.25, -0.2) is 9.67 Å². The zero-order valence-electron chi connectivity index (χ0n) is 12.1. The summed E-state index contributed by atoms with van der Waals surface area (Å²) in [6, 6.07) is 9.81. The third-order valence-electron chi connectivity index (χ3n) is 3.34. The predicted octanol–water partition coefficient (Wildman–Crippen LogP) is 2.96. The summed E-state index contributed by atoms with van der Waals surface area (Å²) in [7, 11) is 0. The number of pyridine rings is 1. The van der Waals surface area contributed by atoms with Crippen molar-refractivity contribution in [3.63, 3.8) is 0 Å². The van der Waals surface area contributed by atoms with E-state index < -0.39 is 0 Å². The lowest BCUT2D eigenvalue weighted by atomic mass is 10.1. The van der Waals surface area contributed by atoms with Crippen LogP contribution >= 0.6 is 0 Å². The Balaban J connectivity index is 2.23. The van der Waals surface area contributed by atoms with Crippen molar-refractivity contribution < 1.29 is 9.53 Å². The zero-order valence-corrected chi connectivity index (χ0v) is 12.1. The highest BCUT2D eigenvalue weighted by molar-refractivity contribution is 5.84. The van der Waals surface area contributed by atoms with Crippen LogP contribution < -0.4 is 4.74 Å². The van der Waals surface area contributed by atoms with E-state index in [1.165, 1.54) is 6.92 Å². The minimum absolute atomic E-state index is 0.349. The van der Waals surface area contributed by atoms with Crippen molar-refractivity contribution >= 4 is 17.0 Å². The normalized spacial score (nSPS) is 10.8. The van der Waals surface area contributed by atoms with Crippen molar-refractivity contribution in [1.82, 2.24) is 14.8 Å². The minimum Gasteiger partial charge on any atom is -0.424 e. The maximum atomic E-state index is 11.2. The van der Waals surface area contributed by atoms with E-state index in [0.29, 0.717) is 11.4 Å². The number of carbonyl (C=O) groups excluding carboxylic acids is 1. The third-order valence-corrected chi connectivity index (χ3v) is 3.34. The molecule has 5 heteroatoms. The minimum atomic E-state index is -0.349. The molecule has 0 unspecified atom stereocenters. The van der Waals surface area contributed by atoms with Crippen molar-refractivity contribution in [2.75, 3.05) is 0 Å². The van der Waals surface area contributed by atoms with Crippen LogP contribution in [0.25, 0.3) is 16.7 Å². The fourth-order valence-corrected chi connectivity index (χ4v) is 2.37. The summed E-state index contributed by atoms with van der Waals surface area (Å²) in [5.74, 6) is 0.167. The number of para-hydroxylation sites is 1. The molecule has 0 saturated heterocycles. The Bertz CT molecular complexity index is 822. The highest BCUT2D eigenvalue weighted by Crippen LogP contribution is 2.29. The molecule has 3 rings (SSSR count). The summed E-state index contributed by atoms with van der Waals surface area (Å²) < 4.78 is 7.05. The highest BCUT2D eigenvalue weighted by Gasteiger charge is 2.16. The molecule has 21 heavy (non-hydrogen) atoms. The van der Waals surface area contributed by atoms with Crippen molar-refractivity contribution in [1.29, 1.82) is 0 Å². The van der Waals surface area contributed by atoms with E-state index in [1.54, 1.807) is 10.9 Å². The van der Waals surface area contributed by atoms with Crippen LogP contribution in [-0.2, 0) is 4.79 Å². The lowest BCUT2D eigenvalue weighted by Gasteiger charge is -2.10. The summed E-state index contributed by atoms with van der Waals surface area (Å²) in [5.41, 5.74) is 3.24. The quantitative estimate of drug-likeness (QED) is 0.678. The van der Waals surface area contributed by atoms with Crippen molar-refractivity contribution in [2.45, 2.75) is 20.8 Å². The molecular weight excluding hydrogens is 266 g/mol. The van der Waals surface area contributed by atoms with E-state index in [1.807, 2.05) is 44.2 Å². The van der Waals surface area contributed by atoms with Gasteiger partial charge in [-0.2, -0.15) is 5.10 Å². The van der Waals surface area contributed by atoms with E-state index in [9.17, 15) is 4.79 Å². The lowest BCUT2D eigenvalue weighted by molar-refractivity contribution is -0.132. The molecule has 1 aromatic carbocycles. The molecule has 0 bridgehead atoms. The molecule has 3 aromatic rings. The average molecular weight is 281 g/mol. The maximum absolute atomic E-state index is 11.2. The van der Waals surface area contributed by atoms with Gasteiger partial charge in [0, 0.05) is 17.9 Å². The number of hydrogen-bond acceptors (Lipinski definition) is 4. The van der Waals surface area contributed by atoms with Crippen LogP contribution in [0, 0.1) is 13.8 Å². The van der Waals surface area contributed by atoms with Crippen LogP contribution in [0.2, 0.25) is 0 Å². The number of rotatable bonds is 2. The van der Waals surface area contributed by atoms with Crippen molar-refractivity contribution in [3.8, 4) is 11.4 Å². The number of hydrogen-bond donors (Lipinski definition) is 0. The Morgan fingerprint density at radius 2 is 1.90 bits per heavy atom. The van der Waals surface area contributed by atoms with Gasteiger partial charge in [-0.1, -0.05) is 18.2 Å².